The van der Waals surface area contributed by atoms with Crippen molar-refractivity contribution >= 4 is 45.3 Å². The van der Waals surface area contributed by atoms with Crippen LogP contribution in [0.5, 0.6) is 0 Å². The van der Waals surface area contributed by atoms with Crippen molar-refractivity contribution in [2.45, 2.75) is 26.3 Å². The third-order valence-electron chi connectivity index (χ3n) is 3.14. The van der Waals surface area contributed by atoms with Crippen molar-refractivity contribution in [3.63, 3.8) is 0 Å². The minimum absolute atomic E-state index is 0.0646. The van der Waals surface area contributed by atoms with Gasteiger partial charge in [-0.05, 0) is 45.4 Å². The zero-order valence-electron chi connectivity index (χ0n) is 13.3. The van der Waals surface area contributed by atoms with Crippen molar-refractivity contribution in [1.29, 1.82) is 0 Å². The smallest absolute Gasteiger partial charge is 0.262 e. The summed E-state index contributed by atoms with van der Waals surface area (Å²) in [6.45, 7) is 3.73. The molecule has 0 unspecified atom stereocenters. The molecule has 2 amide bonds. The SMILES string of the molecule is CC(C)[C@@H](NC(=O)Cc1cccs1)C(=O)N/N=C/c1ccc(Br)o1. The molecule has 0 saturated heterocycles. The van der Waals surface area contributed by atoms with Crippen LogP contribution in [0.3, 0.4) is 0 Å². The maximum Gasteiger partial charge on any atom is 0.262 e. The van der Waals surface area contributed by atoms with Crippen LogP contribution < -0.4 is 10.7 Å². The number of carbonyl (C=O) groups excluding carboxylic acids is 2. The van der Waals surface area contributed by atoms with E-state index in [2.05, 4.69) is 31.8 Å². The summed E-state index contributed by atoms with van der Waals surface area (Å²) in [5.41, 5.74) is 2.43. The van der Waals surface area contributed by atoms with E-state index in [4.69, 9.17) is 4.42 Å². The highest BCUT2D eigenvalue weighted by Crippen LogP contribution is 2.12. The number of amides is 2. The van der Waals surface area contributed by atoms with Crippen molar-refractivity contribution in [3.05, 3.63) is 45.0 Å². The summed E-state index contributed by atoms with van der Waals surface area (Å²) in [7, 11) is 0. The Labute approximate surface area is 152 Å². The standard InChI is InChI=1S/C16H18BrN3O3S/c1-10(2)15(19-14(21)8-12-4-3-7-24-12)16(22)20-18-9-11-5-6-13(17)23-11/h3-7,9-10,15H,8H2,1-2H3,(H,19,21)(H,20,22)/b18-9+/t15-/m1/s1. The van der Waals surface area contributed by atoms with Gasteiger partial charge in [-0.25, -0.2) is 5.43 Å². The summed E-state index contributed by atoms with van der Waals surface area (Å²) in [5.74, 6) is -0.119. The highest BCUT2D eigenvalue weighted by Gasteiger charge is 2.24. The Morgan fingerprint density at radius 3 is 2.75 bits per heavy atom. The van der Waals surface area contributed by atoms with Gasteiger partial charge in [-0.3, -0.25) is 9.59 Å². The first-order valence-electron chi connectivity index (χ1n) is 7.35. The van der Waals surface area contributed by atoms with E-state index in [0.717, 1.165) is 4.88 Å². The first kappa shape index (κ1) is 18.4. The lowest BCUT2D eigenvalue weighted by molar-refractivity contribution is -0.129. The van der Waals surface area contributed by atoms with Crippen LogP contribution in [-0.2, 0) is 16.0 Å². The fourth-order valence-corrected chi connectivity index (χ4v) is 2.98. The van der Waals surface area contributed by atoms with E-state index in [1.165, 1.54) is 17.6 Å². The Hall–Kier alpha value is -1.93. The van der Waals surface area contributed by atoms with Crippen molar-refractivity contribution in [2.24, 2.45) is 11.0 Å². The van der Waals surface area contributed by atoms with Crippen molar-refractivity contribution in [1.82, 2.24) is 10.7 Å². The van der Waals surface area contributed by atoms with Gasteiger partial charge in [-0.15, -0.1) is 11.3 Å². The number of nitrogens with one attached hydrogen (secondary N) is 2. The Kier molecular flexibility index (Phi) is 6.74. The molecule has 1 atom stereocenters. The Morgan fingerprint density at radius 2 is 2.17 bits per heavy atom. The molecule has 0 aliphatic rings. The van der Waals surface area contributed by atoms with E-state index < -0.39 is 6.04 Å². The van der Waals surface area contributed by atoms with Crippen molar-refractivity contribution < 1.29 is 14.0 Å². The number of rotatable bonds is 7. The van der Waals surface area contributed by atoms with Crippen LogP contribution in [0.15, 0.2) is 43.8 Å². The maximum atomic E-state index is 12.2. The number of hydrogen-bond donors (Lipinski definition) is 2. The Morgan fingerprint density at radius 1 is 1.38 bits per heavy atom. The Balaban J connectivity index is 1.89. The summed E-state index contributed by atoms with van der Waals surface area (Å²) in [6, 6.07) is 6.56. The predicted molar refractivity (Wildman–Crippen MR) is 96.9 cm³/mol. The monoisotopic (exact) mass is 411 g/mol. The number of hydrogen-bond acceptors (Lipinski definition) is 5. The molecule has 24 heavy (non-hydrogen) atoms. The summed E-state index contributed by atoms with van der Waals surface area (Å²) in [4.78, 5) is 25.3. The second kappa shape index (κ2) is 8.79. The molecule has 128 valence electrons. The highest BCUT2D eigenvalue weighted by atomic mass is 79.9. The summed E-state index contributed by atoms with van der Waals surface area (Å²) >= 11 is 4.69. The van der Waals surface area contributed by atoms with Crippen LogP contribution >= 0.6 is 27.3 Å². The molecular weight excluding hydrogens is 394 g/mol. The van der Waals surface area contributed by atoms with Crippen molar-refractivity contribution in [3.8, 4) is 0 Å². The highest BCUT2D eigenvalue weighted by molar-refractivity contribution is 9.10. The lowest BCUT2D eigenvalue weighted by Crippen LogP contribution is -2.49. The van der Waals surface area contributed by atoms with Crippen LogP contribution in [0, 0.1) is 5.92 Å². The number of hydrazone groups is 1. The van der Waals surface area contributed by atoms with Gasteiger partial charge < -0.3 is 9.73 Å². The fraction of sp³-hybridized carbons (Fsp3) is 0.312. The largest absolute Gasteiger partial charge is 0.448 e. The van der Waals surface area contributed by atoms with E-state index in [1.54, 1.807) is 12.1 Å². The molecule has 2 heterocycles. The zero-order valence-corrected chi connectivity index (χ0v) is 15.7. The van der Waals surface area contributed by atoms with E-state index in [9.17, 15) is 9.59 Å². The quantitative estimate of drug-likeness (QED) is 0.542. The second-order valence-electron chi connectivity index (χ2n) is 5.42. The molecule has 2 rings (SSSR count). The molecule has 2 aromatic rings. The number of thiophene rings is 1. The van der Waals surface area contributed by atoms with Gasteiger partial charge in [0.25, 0.3) is 5.91 Å². The van der Waals surface area contributed by atoms with Gasteiger partial charge in [0.1, 0.15) is 11.8 Å². The lowest BCUT2D eigenvalue weighted by Gasteiger charge is -2.20. The normalized spacial score (nSPS) is 12.5. The minimum Gasteiger partial charge on any atom is -0.448 e. The van der Waals surface area contributed by atoms with Crippen molar-refractivity contribution in [2.75, 3.05) is 0 Å². The average Bonchev–Trinajstić information content (AvgIpc) is 3.16. The summed E-state index contributed by atoms with van der Waals surface area (Å²) in [6.07, 6.45) is 1.66. The zero-order chi connectivity index (χ0) is 17.5. The predicted octanol–water partition coefficient (Wildman–Crippen LogP) is 2.94. The number of carbonyl (C=O) groups is 2. The number of nitrogens with zero attached hydrogens (tertiary/aromatic N) is 1. The molecule has 0 radical (unpaired) electrons. The van der Waals surface area contributed by atoms with Crippen LogP contribution in [0.4, 0.5) is 0 Å². The number of furan rings is 1. The fourth-order valence-electron chi connectivity index (χ4n) is 1.96. The molecule has 8 heteroatoms. The van der Waals surface area contributed by atoms with Gasteiger partial charge in [0, 0.05) is 4.88 Å². The van der Waals surface area contributed by atoms with Gasteiger partial charge >= 0.3 is 0 Å². The van der Waals surface area contributed by atoms with Crippen LogP contribution in [0.2, 0.25) is 0 Å². The first-order chi connectivity index (χ1) is 11.5. The maximum absolute atomic E-state index is 12.2. The topological polar surface area (TPSA) is 83.7 Å². The summed E-state index contributed by atoms with van der Waals surface area (Å²) < 4.78 is 5.82. The van der Waals surface area contributed by atoms with Gasteiger partial charge in [0.05, 0.1) is 12.6 Å². The molecule has 0 saturated carbocycles. The molecule has 0 aliphatic heterocycles. The Bertz CT molecular complexity index is 710. The molecule has 2 N–H and O–H groups in total. The summed E-state index contributed by atoms with van der Waals surface area (Å²) in [5, 5.41) is 8.52. The van der Waals surface area contributed by atoms with Crippen LogP contribution in [0.1, 0.15) is 24.5 Å². The van der Waals surface area contributed by atoms with E-state index >= 15 is 0 Å². The molecule has 0 bridgehead atoms. The molecular formula is C16H18BrN3O3S. The number of halogens is 1. The minimum atomic E-state index is -0.655. The molecule has 0 aliphatic carbocycles. The second-order valence-corrected chi connectivity index (χ2v) is 7.24. The lowest BCUT2D eigenvalue weighted by atomic mass is 10.0. The van der Waals surface area contributed by atoms with Gasteiger partial charge in [0.15, 0.2) is 4.67 Å². The van der Waals surface area contributed by atoms with E-state index in [-0.39, 0.29) is 24.2 Å². The van der Waals surface area contributed by atoms with E-state index in [1.807, 2.05) is 31.4 Å². The first-order valence-corrected chi connectivity index (χ1v) is 9.03. The molecule has 0 spiro atoms. The van der Waals surface area contributed by atoms with Gasteiger partial charge in [0.2, 0.25) is 5.91 Å². The molecule has 0 aromatic carbocycles. The van der Waals surface area contributed by atoms with Gasteiger partial charge in [-0.2, -0.15) is 5.10 Å². The van der Waals surface area contributed by atoms with Gasteiger partial charge in [-0.1, -0.05) is 19.9 Å². The van der Waals surface area contributed by atoms with Crippen LogP contribution in [0.25, 0.3) is 0 Å². The molecule has 0 fully saturated rings. The van der Waals surface area contributed by atoms with E-state index in [0.29, 0.717) is 10.4 Å². The molecule has 6 nitrogen and oxygen atoms in total. The average molecular weight is 412 g/mol. The molecule has 2 aromatic heterocycles. The third kappa shape index (κ3) is 5.61. The van der Waals surface area contributed by atoms with Crippen LogP contribution in [-0.4, -0.2) is 24.1 Å². The third-order valence-corrected chi connectivity index (χ3v) is 4.44.